The molecule has 1 aliphatic rings. The molecule has 1 aromatic carbocycles. The molecule has 1 heterocycles. The lowest BCUT2D eigenvalue weighted by atomic mass is 10.0. The first-order chi connectivity index (χ1) is 8.68. The minimum absolute atomic E-state index is 0.0966. The van der Waals surface area contributed by atoms with E-state index in [9.17, 15) is 4.79 Å². The van der Waals surface area contributed by atoms with Gasteiger partial charge in [-0.25, -0.2) is 0 Å². The molecule has 0 aromatic heterocycles. The van der Waals surface area contributed by atoms with Gasteiger partial charge in [0.2, 0.25) is 0 Å². The molecule has 0 saturated carbocycles. The Morgan fingerprint density at radius 2 is 1.72 bits per heavy atom. The standard InChI is InChI=1S/C15H22N2O/c1-12(18)14-11-13(16)7-8-15(14)17-9-5-3-2-4-6-10-17/h7-8,11H,2-6,9-10,16H2,1H3. The molecule has 1 aromatic rings. The van der Waals surface area contributed by atoms with Crippen LogP contribution >= 0.6 is 0 Å². The Balaban J connectivity index is 2.27. The van der Waals surface area contributed by atoms with Crippen LogP contribution in [0.5, 0.6) is 0 Å². The molecule has 0 amide bonds. The molecule has 1 fully saturated rings. The predicted octanol–water partition coefficient (Wildman–Crippen LogP) is 3.24. The number of nitrogens with zero attached hydrogens (tertiary/aromatic N) is 1. The number of nitrogen functional groups attached to an aromatic ring is 1. The van der Waals surface area contributed by atoms with Gasteiger partial charge in [-0.15, -0.1) is 0 Å². The normalized spacial score (nSPS) is 17.1. The molecule has 2 N–H and O–H groups in total. The molecule has 18 heavy (non-hydrogen) atoms. The average molecular weight is 246 g/mol. The number of Topliss-reactive ketones (excluding diaryl/α,β-unsaturated/α-hetero) is 1. The second-order valence-electron chi connectivity index (χ2n) is 5.09. The van der Waals surface area contributed by atoms with E-state index in [1.54, 1.807) is 13.0 Å². The van der Waals surface area contributed by atoms with Crippen molar-refractivity contribution in [3.8, 4) is 0 Å². The van der Waals surface area contributed by atoms with Crippen molar-refractivity contribution in [1.82, 2.24) is 0 Å². The zero-order chi connectivity index (χ0) is 13.0. The molecule has 0 aliphatic carbocycles. The van der Waals surface area contributed by atoms with E-state index >= 15 is 0 Å². The predicted molar refractivity (Wildman–Crippen MR) is 76.2 cm³/mol. The minimum atomic E-state index is 0.0966. The Hall–Kier alpha value is -1.51. The molecule has 1 aliphatic heterocycles. The summed E-state index contributed by atoms with van der Waals surface area (Å²) in [7, 11) is 0. The molecule has 2 rings (SSSR count). The molecular weight excluding hydrogens is 224 g/mol. The summed E-state index contributed by atoms with van der Waals surface area (Å²) in [6, 6.07) is 5.69. The third kappa shape index (κ3) is 3.03. The highest BCUT2D eigenvalue weighted by molar-refractivity contribution is 6.00. The van der Waals surface area contributed by atoms with Crippen LogP contribution in [0.4, 0.5) is 11.4 Å². The maximum atomic E-state index is 11.7. The van der Waals surface area contributed by atoms with E-state index in [-0.39, 0.29) is 5.78 Å². The van der Waals surface area contributed by atoms with Crippen LogP contribution in [-0.2, 0) is 0 Å². The molecule has 0 radical (unpaired) electrons. The molecule has 0 unspecified atom stereocenters. The number of carbonyl (C=O) groups excluding carboxylic acids is 1. The van der Waals surface area contributed by atoms with Crippen LogP contribution in [0.3, 0.4) is 0 Å². The summed E-state index contributed by atoms with van der Waals surface area (Å²) in [6.07, 6.45) is 6.35. The lowest BCUT2D eigenvalue weighted by Gasteiger charge is -2.28. The van der Waals surface area contributed by atoms with Crippen molar-refractivity contribution in [1.29, 1.82) is 0 Å². The number of rotatable bonds is 2. The molecule has 0 atom stereocenters. The summed E-state index contributed by atoms with van der Waals surface area (Å²) in [5.41, 5.74) is 8.26. The van der Waals surface area contributed by atoms with Crippen LogP contribution in [-0.4, -0.2) is 18.9 Å². The van der Waals surface area contributed by atoms with Crippen molar-refractivity contribution in [2.24, 2.45) is 0 Å². The SMILES string of the molecule is CC(=O)c1cc(N)ccc1N1CCCCCCC1. The maximum absolute atomic E-state index is 11.7. The zero-order valence-electron chi connectivity index (χ0n) is 11.1. The Kier molecular flexibility index (Phi) is 4.24. The van der Waals surface area contributed by atoms with Crippen molar-refractivity contribution < 1.29 is 4.79 Å². The number of nitrogens with two attached hydrogens (primary N) is 1. The highest BCUT2D eigenvalue weighted by Crippen LogP contribution is 2.26. The van der Waals surface area contributed by atoms with E-state index in [0.717, 1.165) is 24.3 Å². The summed E-state index contributed by atoms with van der Waals surface area (Å²) < 4.78 is 0. The van der Waals surface area contributed by atoms with Crippen LogP contribution in [0.2, 0.25) is 0 Å². The first kappa shape index (κ1) is 12.9. The Morgan fingerprint density at radius 3 is 2.33 bits per heavy atom. The van der Waals surface area contributed by atoms with Gasteiger partial charge < -0.3 is 10.6 Å². The largest absolute Gasteiger partial charge is 0.399 e. The van der Waals surface area contributed by atoms with E-state index < -0.39 is 0 Å². The molecule has 3 nitrogen and oxygen atoms in total. The lowest BCUT2D eigenvalue weighted by Crippen LogP contribution is -2.28. The Morgan fingerprint density at radius 1 is 1.11 bits per heavy atom. The van der Waals surface area contributed by atoms with Gasteiger partial charge in [-0.2, -0.15) is 0 Å². The summed E-state index contributed by atoms with van der Waals surface area (Å²) in [6.45, 7) is 3.71. The number of carbonyl (C=O) groups is 1. The Labute approximate surface area is 109 Å². The van der Waals surface area contributed by atoms with Crippen molar-refractivity contribution in [3.05, 3.63) is 23.8 Å². The fourth-order valence-corrected chi connectivity index (χ4v) is 2.60. The average Bonchev–Trinajstić information content (AvgIpc) is 2.29. The van der Waals surface area contributed by atoms with Gasteiger partial charge in [0.25, 0.3) is 0 Å². The van der Waals surface area contributed by atoms with E-state index in [1.807, 2.05) is 12.1 Å². The van der Waals surface area contributed by atoms with Crippen molar-refractivity contribution >= 4 is 17.2 Å². The molecule has 1 saturated heterocycles. The summed E-state index contributed by atoms with van der Waals surface area (Å²) in [4.78, 5) is 14.1. The molecule has 3 heteroatoms. The first-order valence-corrected chi connectivity index (χ1v) is 6.84. The summed E-state index contributed by atoms with van der Waals surface area (Å²) in [5, 5.41) is 0. The van der Waals surface area contributed by atoms with Crippen molar-refractivity contribution in [2.75, 3.05) is 23.7 Å². The number of hydrogen-bond acceptors (Lipinski definition) is 3. The third-order valence-electron chi connectivity index (χ3n) is 3.60. The van der Waals surface area contributed by atoms with Gasteiger partial charge in [-0.05, 0) is 38.0 Å². The summed E-state index contributed by atoms with van der Waals surface area (Å²) in [5.74, 6) is 0.0966. The number of anilines is 2. The zero-order valence-corrected chi connectivity index (χ0v) is 11.1. The Bertz CT molecular complexity index is 421. The monoisotopic (exact) mass is 246 g/mol. The van der Waals surface area contributed by atoms with Crippen molar-refractivity contribution in [2.45, 2.75) is 39.0 Å². The van der Waals surface area contributed by atoms with Crippen LogP contribution < -0.4 is 10.6 Å². The molecule has 0 bridgehead atoms. The van der Waals surface area contributed by atoms with Crippen LogP contribution in [0.1, 0.15) is 49.4 Å². The van der Waals surface area contributed by atoms with E-state index in [1.165, 1.54) is 32.1 Å². The quantitative estimate of drug-likeness (QED) is 0.643. The lowest BCUT2D eigenvalue weighted by molar-refractivity contribution is 0.101. The van der Waals surface area contributed by atoms with Gasteiger partial charge in [-0.1, -0.05) is 19.3 Å². The van der Waals surface area contributed by atoms with Gasteiger partial charge in [0.1, 0.15) is 0 Å². The first-order valence-electron chi connectivity index (χ1n) is 6.84. The van der Waals surface area contributed by atoms with Crippen LogP contribution in [0, 0.1) is 0 Å². The minimum Gasteiger partial charge on any atom is -0.399 e. The highest BCUT2D eigenvalue weighted by Gasteiger charge is 2.15. The fourth-order valence-electron chi connectivity index (χ4n) is 2.60. The molecule has 0 spiro atoms. The third-order valence-corrected chi connectivity index (χ3v) is 3.60. The van der Waals surface area contributed by atoms with Crippen LogP contribution in [0.25, 0.3) is 0 Å². The van der Waals surface area contributed by atoms with Gasteiger partial charge in [0, 0.05) is 30.0 Å². The topological polar surface area (TPSA) is 46.3 Å². The van der Waals surface area contributed by atoms with Gasteiger partial charge in [0.15, 0.2) is 5.78 Å². The van der Waals surface area contributed by atoms with Gasteiger partial charge in [0.05, 0.1) is 0 Å². The second-order valence-corrected chi connectivity index (χ2v) is 5.09. The molecular formula is C15H22N2O. The number of hydrogen-bond donors (Lipinski definition) is 1. The molecule has 98 valence electrons. The fraction of sp³-hybridized carbons (Fsp3) is 0.533. The smallest absolute Gasteiger partial charge is 0.161 e. The van der Waals surface area contributed by atoms with E-state index in [4.69, 9.17) is 5.73 Å². The van der Waals surface area contributed by atoms with Crippen molar-refractivity contribution in [3.63, 3.8) is 0 Å². The van der Waals surface area contributed by atoms with E-state index in [2.05, 4.69) is 4.90 Å². The number of benzene rings is 1. The second kappa shape index (κ2) is 5.89. The van der Waals surface area contributed by atoms with Gasteiger partial charge >= 0.3 is 0 Å². The van der Waals surface area contributed by atoms with Crippen LogP contribution in [0.15, 0.2) is 18.2 Å². The maximum Gasteiger partial charge on any atom is 0.161 e. The van der Waals surface area contributed by atoms with E-state index in [0.29, 0.717) is 5.69 Å². The number of ketones is 1. The highest BCUT2D eigenvalue weighted by atomic mass is 16.1. The van der Waals surface area contributed by atoms with Gasteiger partial charge in [-0.3, -0.25) is 4.79 Å². The summed E-state index contributed by atoms with van der Waals surface area (Å²) >= 11 is 0.